The Bertz CT molecular complexity index is 524. The summed E-state index contributed by atoms with van der Waals surface area (Å²) in [7, 11) is 0. The number of hydrogen-bond donors (Lipinski definition) is 1. The molecule has 1 N–H and O–H groups in total. The van der Waals surface area contributed by atoms with Crippen LogP contribution in [0.5, 0.6) is 0 Å². The molecule has 1 aliphatic heterocycles. The molecule has 92 valence electrons. The zero-order valence-corrected chi connectivity index (χ0v) is 10.3. The van der Waals surface area contributed by atoms with Crippen molar-refractivity contribution in [2.24, 2.45) is 0 Å². The van der Waals surface area contributed by atoms with E-state index in [9.17, 15) is 5.11 Å². The van der Waals surface area contributed by atoms with Crippen LogP contribution >= 0.6 is 0 Å². The second-order valence-corrected chi connectivity index (χ2v) is 4.78. The maximum atomic E-state index is 9.54. The summed E-state index contributed by atoms with van der Waals surface area (Å²) >= 11 is 0. The van der Waals surface area contributed by atoms with Gasteiger partial charge in [-0.05, 0) is 23.6 Å². The van der Waals surface area contributed by atoms with Crippen molar-refractivity contribution in [2.45, 2.75) is 19.0 Å². The van der Waals surface area contributed by atoms with E-state index in [1.54, 1.807) is 0 Å². The first kappa shape index (κ1) is 11.3. The van der Waals surface area contributed by atoms with Crippen LogP contribution in [-0.2, 0) is 13.0 Å². The van der Waals surface area contributed by atoms with Gasteiger partial charge in [0, 0.05) is 12.2 Å². The van der Waals surface area contributed by atoms with Crippen molar-refractivity contribution < 1.29 is 5.11 Å². The smallest absolute Gasteiger partial charge is 0.0638 e. The van der Waals surface area contributed by atoms with E-state index in [4.69, 9.17) is 0 Å². The van der Waals surface area contributed by atoms with Gasteiger partial charge >= 0.3 is 0 Å². The monoisotopic (exact) mass is 239 g/mol. The molecule has 0 aromatic heterocycles. The Balaban J connectivity index is 1.90. The minimum absolute atomic E-state index is 0.210. The fourth-order valence-corrected chi connectivity index (χ4v) is 2.68. The Morgan fingerprint density at radius 1 is 1.00 bits per heavy atom. The number of para-hydroxylation sites is 1. The van der Waals surface area contributed by atoms with Crippen LogP contribution in [0.1, 0.15) is 11.1 Å². The highest BCUT2D eigenvalue weighted by molar-refractivity contribution is 5.59. The highest BCUT2D eigenvalue weighted by Gasteiger charge is 2.27. The highest BCUT2D eigenvalue weighted by Crippen LogP contribution is 2.32. The van der Waals surface area contributed by atoms with E-state index in [0.717, 1.165) is 13.0 Å². The topological polar surface area (TPSA) is 23.5 Å². The molecule has 1 aliphatic rings. The maximum absolute atomic E-state index is 9.54. The minimum Gasteiger partial charge on any atom is -0.394 e. The predicted octanol–water partition coefficient (Wildman–Crippen LogP) is 2.61. The molecule has 0 saturated heterocycles. The van der Waals surface area contributed by atoms with Crippen LogP contribution in [0.3, 0.4) is 0 Å². The lowest BCUT2D eigenvalue weighted by atomic mass is 10.1. The first-order valence-corrected chi connectivity index (χ1v) is 6.38. The van der Waals surface area contributed by atoms with Gasteiger partial charge in [0.15, 0.2) is 0 Å². The maximum Gasteiger partial charge on any atom is 0.0638 e. The van der Waals surface area contributed by atoms with Gasteiger partial charge in [0.25, 0.3) is 0 Å². The first-order valence-electron chi connectivity index (χ1n) is 6.38. The van der Waals surface area contributed by atoms with E-state index in [0.29, 0.717) is 0 Å². The normalized spacial score (nSPS) is 17.8. The average molecular weight is 239 g/mol. The van der Waals surface area contributed by atoms with Gasteiger partial charge in [-0.1, -0.05) is 48.5 Å². The third-order valence-corrected chi connectivity index (χ3v) is 3.60. The van der Waals surface area contributed by atoms with Gasteiger partial charge in [0.05, 0.1) is 12.6 Å². The van der Waals surface area contributed by atoms with Gasteiger partial charge in [0.2, 0.25) is 0 Å². The molecule has 18 heavy (non-hydrogen) atoms. The van der Waals surface area contributed by atoms with Crippen molar-refractivity contribution in [2.75, 3.05) is 11.5 Å². The molecule has 0 amide bonds. The zero-order chi connectivity index (χ0) is 12.4. The molecule has 0 saturated carbocycles. The van der Waals surface area contributed by atoms with E-state index in [-0.39, 0.29) is 12.6 Å². The van der Waals surface area contributed by atoms with E-state index in [1.165, 1.54) is 16.8 Å². The number of benzene rings is 2. The van der Waals surface area contributed by atoms with E-state index in [2.05, 4.69) is 53.4 Å². The third kappa shape index (κ3) is 2.00. The first-order chi connectivity index (χ1) is 8.88. The van der Waals surface area contributed by atoms with Crippen molar-refractivity contribution in [1.82, 2.24) is 0 Å². The Labute approximate surface area is 107 Å². The Morgan fingerprint density at radius 3 is 2.50 bits per heavy atom. The molecule has 2 heteroatoms. The standard InChI is InChI=1S/C16H17NO/c18-12-15-10-14-8-4-5-9-16(14)17(15)11-13-6-2-1-3-7-13/h1-9,15,18H,10-12H2/t15-/m0/s1. The summed E-state index contributed by atoms with van der Waals surface area (Å²) in [5.41, 5.74) is 3.89. The fraction of sp³-hybridized carbons (Fsp3) is 0.250. The molecule has 2 nitrogen and oxygen atoms in total. The van der Waals surface area contributed by atoms with Crippen molar-refractivity contribution in [3.05, 3.63) is 65.7 Å². The van der Waals surface area contributed by atoms with Crippen LogP contribution in [0, 0.1) is 0 Å². The average Bonchev–Trinajstić information content (AvgIpc) is 2.78. The second kappa shape index (κ2) is 4.83. The lowest BCUT2D eigenvalue weighted by Gasteiger charge is -2.26. The van der Waals surface area contributed by atoms with Crippen molar-refractivity contribution in [3.63, 3.8) is 0 Å². The van der Waals surface area contributed by atoms with Crippen LogP contribution in [0.15, 0.2) is 54.6 Å². The molecule has 2 aromatic rings. The van der Waals surface area contributed by atoms with Gasteiger partial charge in [-0.25, -0.2) is 0 Å². The van der Waals surface area contributed by atoms with E-state index < -0.39 is 0 Å². The predicted molar refractivity (Wildman–Crippen MR) is 73.6 cm³/mol. The summed E-state index contributed by atoms with van der Waals surface area (Å²) < 4.78 is 0. The number of nitrogens with zero attached hydrogens (tertiary/aromatic N) is 1. The number of anilines is 1. The summed E-state index contributed by atoms with van der Waals surface area (Å²) in [4.78, 5) is 2.31. The summed E-state index contributed by atoms with van der Waals surface area (Å²) in [5, 5.41) is 9.54. The van der Waals surface area contributed by atoms with Gasteiger partial charge in [-0.2, -0.15) is 0 Å². The largest absolute Gasteiger partial charge is 0.394 e. The highest BCUT2D eigenvalue weighted by atomic mass is 16.3. The van der Waals surface area contributed by atoms with E-state index in [1.807, 2.05) is 6.07 Å². The van der Waals surface area contributed by atoms with Crippen molar-refractivity contribution >= 4 is 5.69 Å². The molecule has 0 radical (unpaired) electrons. The van der Waals surface area contributed by atoms with E-state index >= 15 is 0 Å². The quantitative estimate of drug-likeness (QED) is 0.890. The summed E-state index contributed by atoms with van der Waals surface area (Å²) in [5.74, 6) is 0. The Kier molecular flexibility index (Phi) is 3.03. The molecule has 1 atom stereocenters. The fourth-order valence-electron chi connectivity index (χ4n) is 2.68. The molecule has 0 bridgehead atoms. The van der Waals surface area contributed by atoms with Gasteiger partial charge in [-0.15, -0.1) is 0 Å². The van der Waals surface area contributed by atoms with Crippen molar-refractivity contribution in [3.8, 4) is 0 Å². The number of aliphatic hydroxyl groups is 1. The lowest BCUT2D eigenvalue weighted by Crippen LogP contribution is -2.34. The van der Waals surface area contributed by atoms with Gasteiger partial charge in [0.1, 0.15) is 0 Å². The zero-order valence-electron chi connectivity index (χ0n) is 10.3. The SMILES string of the molecule is OC[C@@H]1Cc2ccccc2N1Cc1ccccc1. The molecular weight excluding hydrogens is 222 g/mol. The van der Waals surface area contributed by atoms with Crippen LogP contribution in [0.4, 0.5) is 5.69 Å². The number of fused-ring (bicyclic) bond motifs is 1. The van der Waals surface area contributed by atoms with Crippen LogP contribution in [0.25, 0.3) is 0 Å². The summed E-state index contributed by atoms with van der Waals surface area (Å²) in [6, 6.07) is 19.1. The molecule has 3 rings (SSSR count). The van der Waals surface area contributed by atoms with Gasteiger partial charge < -0.3 is 10.0 Å². The summed E-state index contributed by atoms with van der Waals surface area (Å²) in [6.07, 6.45) is 0.944. The molecule has 0 aliphatic carbocycles. The van der Waals surface area contributed by atoms with Crippen molar-refractivity contribution in [1.29, 1.82) is 0 Å². The third-order valence-electron chi connectivity index (χ3n) is 3.60. The number of aliphatic hydroxyl groups excluding tert-OH is 1. The number of rotatable bonds is 3. The van der Waals surface area contributed by atoms with Crippen LogP contribution < -0.4 is 4.90 Å². The molecular formula is C16H17NO. The molecule has 0 fully saturated rings. The summed E-state index contributed by atoms with van der Waals surface area (Å²) in [6.45, 7) is 1.07. The lowest BCUT2D eigenvalue weighted by molar-refractivity contribution is 0.262. The Hall–Kier alpha value is -1.80. The number of hydrogen-bond acceptors (Lipinski definition) is 2. The van der Waals surface area contributed by atoms with Crippen LogP contribution in [0.2, 0.25) is 0 Å². The Morgan fingerprint density at radius 2 is 1.72 bits per heavy atom. The second-order valence-electron chi connectivity index (χ2n) is 4.78. The van der Waals surface area contributed by atoms with Crippen LogP contribution in [-0.4, -0.2) is 17.8 Å². The molecule has 0 spiro atoms. The minimum atomic E-state index is 0.210. The molecule has 0 unspecified atom stereocenters. The molecule has 2 aromatic carbocycles. The van der Waals surface area contributed by atoms with Gasteiger partial charge in [-0.3, -0.25) is 0 Å². The molecule has 1 heterocycles.